The Morgan fingerprint density at radius 1 is 1.32 bits per heavy atom. The highest BCUT2D eigenvalue weighted by atomic mass is 16.4. The van der Waals surface area contributed by atoms with Gasteiger partial charge in [0.2, 0.25) is 5.91 Å². The minimum absolute atomic E-state index is 0.0104. The van der Waals surface area contributed by atoms with Gasteiger partial charge in [-0.05, 0) is 18.8 Å². The normalized spacial score (nSPS) is 13.7. The van der Waals surface area contributed by atoms with Crippen molar-refractivity contribution in [2.24, 2.45) is 28.1 Å². The van der Waals surface area contributed by atoms with Crippen molar-refractivity contribution in [3.8, 4) is 0 Å². The van der Waals surface area contributed by atoms with Gasteiger partial charge in [-0.15, -0.1) is 0 Å². The second-order valence-corrected chi connectivity index (χ2v) is 4.62. The zero-order chi connectivity index (χ0) is 15.0. The van der Waals surface area contributed by atoms with E-state index in [2.05, 4.69) is 10.3 Å². The number of amides is 1. The lowest BCUT2D eigenvalue weighted by atomic mass is 10.0. The van der Waals surface area contributed by atoms with E-state index >= 15 is 0 Å². The molecule has 0 fully saturated rings. The molecule has 1 amide bonds. The summed E-state index contributed by atoms with van der Waals surface area (Å²) in [7, 11) is 0. The maximum atomic E-state index is 11.7. The predicted molar refractivity (Wildman–Crippen MR) is 72.3 cm³/mol. The topological polar surface area (TPSA) is 157 Å². The summed E-state index contributed by atoms with van der Waals surface area (Å²) in [6.45, 7) is 3.81. The first kappa shape index (κ1) is 17.2. The van der Waals surface area contributed by atoms with Gasteiger partial charge in [0, 0.05) is 6.54 Å². The maximum absolute atomic E-state index is 11.7. The molecule has 0 saturated carbocycles. The van der Waals surface area contributed by atoms with Gasteiger partial charge >= 0.3 is 5.97 Å². The number of nitrogens with one attached hydrogen (secondary N) is 1. The van der Waals surface area contributed by atoms with E-state index < -0.39 is 24.0 Å². The van der Waals surface area contributed by atoms with Gasteiger partial charge in [-0.1, -0.05) is 13.8 Å². The molecule has 0 unspecified atom stereocenters. The summed E-state index contributed by atoms with van der Waals surface area (Å²) in [5.41, 5.74) is 16.0. The van der Waals surface area contributed by atoms with Crippen LogP contribution in [-0.2, 0) is 9.59 Å². The Balaban J connectivity index is 4.18. The van der Waals surface area contributed by atoms with Crippen molar-refractivity contribution in [3.63, 3.8) is 0 Å². The number of guanidine groups is 1. The van der Waals surface area contributed by atoms with Crippen LogP contribution in [0.4, 0.5) is 0 Å². The third-order valence-corrected chi connectivity index (χ3v) is 2.53. The molecular weight excluding hydrogens is 250 g/mol. The van der Waals surface area contributed by atoms with E-state index in [1.165, 1.54) is 0 Å². The van der Waals surface area contributed by atoms with Crippen molar-refractivity contribution in [3.05, 3.63) is 0 Å². The van der Waals surface area contributed by atoms with Crippen molar-refractivity contribution in [2.45, 2.75) is 38.8 Å². The van der Waals surface area contributed by atoms with Crippen molar-refractivity contribution in [1.82, 2.24) is 5.32 Å². The number of carbonyl (C=O) groups is 2. The molecule has 0 heterocycles. The number of hydrogen-bond donors (Lipinski definition) is 5. The molecule has 0 radical (unpaired) electrons. The largest absolute Gasteiger partial charge is 0.480 e. The molecule has 0 aliphatic heterocycles. The van der Waals surface area contributed by atoms with Crippen LogP contribution in [0, 0.1) is 5.92 Å². The van der Waals surface area contributed by atoms with E-state index in [0.717, 1.165) is 0 Å². The highest BCUT2D eigenvalue weighted by molar-refractivity contribution is 5.86. The van der Waals surface area contributed by atoms with Crippen LogP contribution >= 0.6 is 0 Å². The zero-order valence-corrected chi connectivity index (χ0v) is 11.3. The van der Waals surface area contributed by atoms with Crippen LogP contribution in [0.15, 0.2) is 4.99 Å². The van der Waals surface area contributed by atoms with Gasteiger partial charge in [-0.25, -0.2) is 4.79 Å². The van der Waals surface area contributed by atoms with Gasteiger partial charge in [-0.2, -0.15) is 0 Å². The van der Waals surface area contributed by atoms with Crippen molar-refractivity contribution >= 4 is 17.8 Å². The Morgan fingerprint density at radius 2 is 1.89 bits per heavy atom. The van der Waals surface area contributed by atoms with Crippen LogP contribution in [0.2, 0.25) is 0 Å². The Hall–Kier alpha value is -1.83. The van der Waals surface area contributed by atoms with Crippen molar-refractivity contribution < 1.29 is 14.7 Å². The summed E-state index contributed by atoms with van der Waals surface area (Å²) < 4.78 is 0. The highest BCUT2D eigenvalue weighted by Gasteiger charge is 2.25. The number of rotatable bonds is 8. The molecule has 0 saturated heterocycles. The minimum Gasteiger partial charge on any atom is -0.480 e. The molecule has 0 aliphatic rings. The SMILES string of the molecule is CC(C)[C@@H](NC(=O)[C@@H](N)CCCN=C(N)N)C(=O)O. The fraction of sp³-hybridized carbons (Fsp3) is 0.727. The molecule has 0 aromatic rings. The first-order valence-corrected chi connectivity index (χ1v) is 6.09. The molecule has 0 spiro atoms. The quantitative estimate of drug-likeness (QED) is 0.208. The number of carboxylic acids is 1. The van der Waals surface area contributed by atoms with E-state index in [9.17, 15) is 9.59 Å². The fourth-order valence-electron chi connectivity index (χ4n) is 1.42. The third-order valence-electron chi connectivity index (χ3n) is 2.53. The van der Waals surface area contributed by atoms with E-state index in [1.54, 1.807) is 13.8 Å². The van der Waals surface area contributed by atoms with Gasteiger partial charge in [0.15, 0.2) is 5.96 Å². The van der Waals surface area contributed by atoms with Crippen LogP contribution in [0.3, 0.4) is 0 Å². The second-order valence-electron chi connectivity index (χ2n) is 4.62. The molecule has 8 nitrogen and oxygen atoms in total. The predicted octanol–water partition coefficient (Wildman–Crippen LogP) is -1.41. The lowest BCUT2D eigenvalue weighted by Gasteiger charge is -2.20. The first-order valence-electron chi connectivity index (χ1n) is 6.09. The average molecular weight is 273 g/mol. The van der Waals surface area contributed by atoms with Crippen molar-refractivity contribution in [2.75, 3.05) is 6.54 Å². The zero-order valence-electron chi connectivity index (χ0n) is 11.3. The lowest BCUT2D eigenvalue weighted by Crippen LogP contribution is -2.50. The molecule has 0 rings (SSSR count). The summed E-state index contributed by atoms with van der Waals surface area (Å²) in [6.07, 6.45) is 0.930. The Bertz CT molecular complexity index is 339. The maximum Gasteiger partial charge on any atom is 0.326 e. The summed E-state index contributed by atoms with van der Waals surface area (Å²) in [5, 5.41) is 11.4. The first-order chi connectivity index (χ1) is 8.75. The summed E-state index contributed by atoms with van der Waals surface area (Å²) >= 11 is 0. The van der Waals surface area contributed by atoms with Crippen LogP contribution < -0.4 is 22.5 Å². The summed E-state index contributed by atoms with van der Waals surface area (Å²) in [4.78, 5) is 26.4. The Morgan fingerprint density at radius 3 is 2.32 bits per heavy atom. The van der Waals surface area contributed by atoms with E-state index in [-0.39, 0.29) is 11.9 Å². The number of nitrogens with two attached hydrogens (primary N) is 3. The minimum atomic E-state index is -1.07. The molecule has 0 aromatic heterocycles. The molecular formula is C11H23N5O3. The van der Waals surface area contributed by atoms with E-state index in [1.807, 2.05) is 0 Å². The molecule has 0 bridgehead atoms. The molecule has 8 heteroatoms. The Kier molecular flexibility index (Phi) is 7.50. The second kappa shape index (κ2) is 8.30. The van der Waals surface area contributed by atoms with Crippen LogP contribution in [0.25, 0.3) is 0 Å². The van der Waals surface area contributed by atoms with Gasteiger partial charge in [-0.3, -0.25) is 9.79 Å². The smallest absolute Gasteiger partial charge is 0.326 e. The molecule has 8 N–H and O–H groups in total. The standard InChI is InChI=1S/C11H23N5O3/c1-6(2)8(10(18)19)16-9(17)7(12)4-3-5-15-11(13)14/h6-8H,3-5,12H2,1-2H3,(H,16,17)(H,18,19)(H4,13,14,15)/t7-,8+/m0/s1. The van der Waals surface area contributed by atoms with Crippen LogP contribution in [0.1, 0.15) is 26.7 Å². The van der Waals surface area contributed by atoms with E-state index in [0.29, 0.717) is 19.4 Å². The molecule has 2 atom stereocenters. The molecule has 0 aromatic carbocycles. The van der Waals surface area contributed by atoms with Crippen LogP contribution in [-0.4, -0.2) is 41.6 Å². The summed E-state index contributed by atoms with van der Waals surface area (Å²) in [6, 6.07) is -1.70. The molecule has 0 aliphatic carbocycles. The van der Waals surface area contributed by atoms with Gasteiger partial charge in [0.05, 0.1) is 6.04 Å². The Labute approximate surface area is 112 Å². The van der Waals surface area contributed by atoms with Gasteiger partial charge in [0.25, 0.3) is 0 Å². The van der Waals surface area contributed by atoms with Crippen molar-refractivity contribution in [1.29, 1.82) is 0 Å². The summed E-state index contributed by atoms with van der Waals surface area (Å²) in [5.74, 6) is -1.78. The molecule has 110 valence electrons. The average Bonchev–Trinajstić information content (AvgIpc) is 2.29. The van der Waals surface area contributed by atoms with E-state index in [4.69, 9.17) is 22.3 Å². The lowest BCUT2D eigenvalue weighted by molar-refractivity contribution is -0.143. The number of aliphatic carboxylic acids is 1. The number of aliphatic imine (C=N–C) groups is 1. The van der Waals surface area contributed by atoms with Gasteiger partial charge in [0.1, 0.15) is 6.04 Å². The number of carboxylic acid groups (broad SMARTS) is 1. The third kappa shape index (κ3) is 7.24. The monoisotopic (exact) mass is 273 g/mol. The van der Waals surface area contributed by atoms with Gasteiger partial charge < -0.3 is 27.6 Å². The highest BCUT2D eigenvalue weighted by Crippen LogP contribution is 2.03. The fourth-order valence-corrected chi connectivity index (χ4v) is 1.42. The molecule has 19 heavy (non-hydrogen) atoms. The number of nitrogens with zero attached hydrogens (tertiary/aromatic N) is 1. The number of hydrogen-bond acceptors (Lipinski definition) is 4. The number of carbonyl (C=O) groups excluding carboxylic acids is 1. The van der Waals surface area contributed by atoms with Crippen LogP contribution in [0.5, 0.6) is 0 Å².